The van der Waals surface area contributed by atoms with E-state index in [1.165, 1.54) is 12.1 Å². The Kier molecular flexibility index (Phi) is 11.6. The molecule has 42 heavy (non-hydrogen) atoms. The van der Waals surface area contributed by atoms with Gasteiger partial charge >= 0.3 is 6.03 Å². The van der Waals surface area contributed by atoms with Crippen molar-refractivity contribution in [3.63, 3.8) is 0 Å². The Morgan fingerprint density at radius 2 is 1.67 bits per heavy atom. The summed E-state index contributed by atoms with van der Waals surface area (Å²) in [5, 5.41) is 19.6. The van der Waals surface area contributed by atoms with Crippen LogP contribution in [0.4, 0.5) is 16.2 Å². The van der Waals surface area contributed by atoms with Crippen LogP contribution in [0.3, 0.4) is 0 Å². The number of para-hydroxylation sites is 1. The number of ether oxygens (including phenoxy) is 1. The lowest BCUT2D eigenvalue weighted by Crippen LogP contribution is -2.42. The van der Waals surface area contributed by atoms with E-state index in [-0.39, 0.29) is 29.6 Å². The third kappa shape index (κ3) is 9.75. The largest absolute Gasteiger partial charge is 0.491 e. The molecule has 2 amide bonds. The summed E-state index contributed by atoms with van der Waals surface area (Å²) in [6, 6.07) is 22.7. The van der Waals surface area contributed by atoms with Crippen LogP contribution in [-0.4, -0.2) is 50.9 Å². The molecule has 5 N–H and O–H groups in total. The molecule has 1 saturated heterocycles. The van der Waals surface area contributed by atoms with E-state index in [0.717, 1.165) is 56.3 Å². The molecule has 1 heterocycles. The molecule has 0 aliphatic carbocycles. The second-order valence-electron chi connectivity index (χ2n) is 10.7. The number of aliphatic hydroxyl groups is 1. The van der Waals surface area contributed by atoms with Crippen molar-refractivity contribution in [1.29, 1.82) is 0 Å². The summed E-state index contributed by atoms with van der Waals surface area (Å²) in [6.07, 6.45) is 6.26. The molecule has 9 nitrogen and oxygen atoms in total. The Labute approximate surface area is 249 Å². The van der Waals surface area contributed by atoms with Crippen LogP contribution in [0.5, 0.6) is 5.75 Å². The van der Waals surface area contributed by atoms with Gasteiger partial charge in [-0.25, -0.2) is 13.2 Å². The van der Waals surface area contributed by atoms with Crippen LogP contribution >= 0.6 is 0 Å². The van der Waals surface area contributed by atoms with Gasteiger partial charge in [-0.15, -0.1) is 0 Å². The maximum atomic E-state index is 12.9. The topological polar surface area (TPSA) is 129 Å². The number of sulfonamides is 1. The van der Waals surface area contributed by atoms with E-state index in [2.05, 4.69) is 27.6 Å². The van der Waals surface area contributed by atoms with E-state index in [9.17, 15) is 18.3 Å². The summed E-state index contributed by atoms with van der Waals surface area (Å²) < 4.78 is 34.1. The van der Waals surface area contributed by atoms with Crippen LogP contribution in [0.25, 0.3) is 0 Å². The molecule has 226 valence electrons. The summed E-state index contributed by atoms with van der Waals surface area (Å²) in [6.45, 7) is 2.97. The van der Waals surface area contributed by atoms with Crippen LogP contribution in [0.2, 0.25) is 0 Å². The van der Waals surface area contributed by atoms with E-state index in [0.29, 0.717) is 17.9 Å². The van der Waals surface area contributed by atoms with Gasteiger partial charge in [-0.1, -0.05) is 56.5 Å². The second kappa shape index (κ2) is 15.6. The summed E-state index contributed by atoms with van der Waals surface area (Å²) in [7, 11) is -3.79. The lowest BCUT2D eigenvalue weighted by molar-refractivity contribution is 0.0777. The number of nitrogens with one attached hydrogen (secondary N) is 4. The zero-order chi connectivity index (χ0) is 29.8. The zero-order valence-electron chi connectivity index (χ0n) is 24.1. The van der Waals surface area contributed by atoms with Gasteiger partial charge in [0.25, 0.3) is 10.0 Å². The predicted octanol–water partition coefficient (Wildman–Crippen LogP) is 5.29. The van der Waals surface area contributed by atoms with Crippen molar-refractivity contribution in [2.24, 2.45) is 0 Å². The number of benzene rings is 3. The van der Waals surface area contributed by atoms with E-state index in [1.54, 1.807) is 24.3 Å². The van der Waals surface area contributed by atoms with Crippen molar-refractivity contribution in [2.75, 3.05) is 23.2 Å². The molecule has 0 unspecified atom stereocenters. The van der Waals surface area contributed by atoms with Crippen LogP contribution in [0, 0.1) is 0 Å². The summed E-state index contributed by atoms with van der Waals surface area (Å²) in [4.78, 5) is 12.2. The van der Waals surface area contributed by atoms with Gasteiger partial charge < -0.3 is 25.8 Å². The van der Waals surface area contributed by atoms with Crippen molar-refractivity contribution in [3.05, 3.63) is 84.4 Å². The minimum Gasteiger partial charge on any atom is -0.491 e. The molecule has 1 aliphatic rings. The average Bonchev–Trinajstić information content (AvgIpc) is 3.46. The highest BCUT2D eigenvalue weighted by Crippen LogP contribution is 2.22. The third-order valence-electron chi connectivity index (χ3n) is 7.33. The minimum absolute atomic E-state index is 0.0312. The molecule has 0 radical (unpaired) electrons. The molecule has 0 aromatic heterocycles. The van der Waals surface area contributed by atoms with Crippen LogP contribution in [0.15, 0.2) is 83.8 Å². The van der Waals surface area contributed by atoms with Gasteiger partial charge in [0.15, 0.2) is 0 Å². The molecule has 3 aromatic rings. The molecule has 3 atom stereocenters. The van der Waals surface area contributed by atoms with Gasteiger partial charge in [-0.2, -0.15) is 0 Å². The average molecular weight is 595 g/mol. The SMILES string of the molecule is CCCCCCNC(=O)Nc1ccc(S(=O)(=O)Nc2ccc(C[C@@H]3CC[C@H]([C@H](O)COc4ccccc4)N3)cc2)cc1. The van der Waals surface area contributed by atoms with E-state index in [4.69, 9.17) is 4.74 Å². The number of hydrogen-bond acceptors (Lipinski definition) is 6. The molecule has 1 fully saturated rings. The zero-order valence-corrected chi connectivity index (χ0v) is 24.9. The Balaban J connectivity index is 1.21. The van der Waals surface area contributed by atoms with E-state index >= 15 is 0 Å². The van der Waals surface area contributed by atoms with Gasteiger partial charge in [0.2, 0.25) is 0 Å². The summed E-state index contributed by atoms with van der Waals surface area (Å²) in [5.74, 6) is 0.740. The maximum Gasteiger partial charge on any atom is 0.319 e. The summed E-state index contributed by atoms with van der Waals surface area (Å²) >= 11 is 0. The number of hydrogen-bond donors (Lipinski definition) is 5. The highest BCUT2D eigenvalue weighted by molar-refractivity contribution is 7.92. The van der Waals surface area contributed by atoms with Gasteiger partial charge in [0.05, 0.1) is 4.90 Å². The van der Waals surface area contributed by atoms with Crippen LogP contribution in [-0.2, 0) is 16.4 Å². The number of urea groups is 1. The molecule has 1 aliphatic heterocycles. The summed E-state index contributed by atoms with van der Waals surface area (Å²) in [5.41, 5.74) is 2.06. The lowest BCUT2D eigenvalue weighted by atomic mass is 10.0. The number of anilines is 2. The number of carbonyl (C=O) groups is 1. The number of rotatable bonds is 15. The molecule has 3 aromatic carbocycles. The predicted molar refractivity (Wildman–Crippen MR) is 166 cm³/mol. The fourth-order valence-electron chi connectivity index (χ4n) is 4.98. The Bertz CT molecular complexity index is 1350. The third-order valence-corrected chi connectivity index (χ3v) is 8.73. The number of aliphatic hydroxyl groups excluding tert-OH is 1. The Hall–Kier alpha value is -3.60. The fraction of sp³-hybridized carbons (Fsp3) is 0.406. The normalized spacial score (nSPS) is 17.4. The molecular weight excluding hydrogens is 552 g/mol. The maximum absolute atomic E-state index is 12.9. The van der Waals surface area contributed by atoms with Gasteiger partial charge in [-0.05, 0) is 79.8 Å². The van der Waals surface area contributed by atoms with Crippen LogP contribution < -0.4 is 25.4 Å². The van der Waals surface area contributed by atoms with Crippen molar-refractivity contribution in [3.8, 4) is 5.75 Å². The number of carbonyl (C=O) groups excluding carboxylic acids is 1. The lowest BCUT2D eigenvalue weighted by Gasteiger charge is -2.20. The van der Waals surface area contributed by atoms with Crippen molar-refractivity contribution < 1.29 is 23.1 Å². The molecule has 0 saturated carbocycles. The first kappa shape index (κ1) is 31.3. The number of amides is 2. The van der Waals surface area contributed by atoms with E-state index in [1.807, 2.05) is 42.5 Å². The Morgan fingerprint density at radius 1 is 0.952 bits per heavy atom. The molecule has 0 spiro atoms. The first-order chi connectivity index (χ1) is 20.3. The molecule has 10 heteroatoms. The monoisotopic (exact) mass is 594 g/mol. The molecular formula is C32H42N4O5S. The van der Waals surface area contributed by atoms with Gasteiger partial charge in [-0.3, -0.25) is 4.72 Å². The van der Waals surface area contributed by atoms with Crippen molar-refractivity contribution in [1.82, 2.24) is 10.6 Å². The smallest absolute Gasteiger partial charge is 0.319 e. The second-order valence-corrected chi connectivity index (χ2v) is 12.4. The number of unbranched alkanes of at least 4 members (excludes halogenated alkanes) is 3. The van der Waals surface area contributed by atoms with E-state index < -0.39 is 16.1 Å². The highest BCUT2D eigenvalue weighted by Gasteiger charge is 2.29. The standard InChI is InChI=1S/C32H42N4O5S/c1-2-3-4-8-21-33-32(38)35-25-15-18-29(19-16-25)42(39,40)36-26-13-11-24(12-14-26)22-27-17-20-30(34-27)31(37)23-41-28-9-6-5-7-10-28/h5-7,9-16,18-19,27,30-31,34,36-37H,2-4,8,17,20-23H2,1H3,(H2,33,35,38)/t27-,30+,31+/m0/s1. The van der Waals surface area contributed by atoms with Gasteiger partial charge in [0.1, 0.15) is 18.5 Å². The molecule has 0 bridgehead atoms. The first-order valence-electron chi connectivity index (χ1n) is 14.7. The van der Waals surface area contributed by atoms with Crippen LogP contribution in [0.1, 0.15) is 51.0 Å². The van der Waals surface area contributed by atoms with Gasteiger partial charge in [0, 0.05) is 30.0 Å². The van der Waals surface area contributed by atoms with Crippen molar-refractivity contribution >= 4 is 27.4 Å². The first-order valence-corrected chi connectivity index (χ1v) is 16.2. The fourth-order valence-corrected chi connectivity index (χ4v) is 6.04. The molecule has 4 rings (SSSR count). The highest BCUT2D eigenvalue weighted by atomic mass is 32.2. The quantitative estimate of drug-likeness (QED) is 0.152. The Morgan fingerprint density at radius 3 is 2.38 bits per heavy atom. The van der Waals surface area contributed by atoms with Crippen molar-refractivity contribution in [2.45, 2.75) is 75.0 Å². The minimum atomic E-state index is -3.79.